The molecule has 2 aliphatic rings. The molecule has 7 heteroatoms. The number of nitrogens with one attached hydrogen (secondary N) is 2. The van der Waals surface area contributed by atoms with Gasteiger partial charge in [-0.1, -0.05) is 25.0 Å². The lowest BCUT2D eigenvalue weighted by atomic mass is 9.97. The van der Waals surface area contributed by atoms with Crippen LogP contribution in [0.3, 0.4) is 0 Å². The number of rotatable bonds is 5. The standard InChI is InChI=1S/C23H35N3O4/c1-17(26-13-15-29-16-14-26)18-7-9-19(10-8-18)24-21(28)25-23(11-5-6-12-23)20(27)30-22(2,3)4/h7-10,17H,5-6,11-16H2,1-4H3,(H2,24,25,28)/t17-/m1/s1. The lowest BCUT2D eigenvalue weighted by Crippen LogP contribution is -2.55. The van der Waals surface area contributed by atoms with Crippen LogP contribution in [0.2, 0.25) is 0 Å². The first kappa shape index (κ1) is 22.6. The van der Waals surface area contributed by atoms with Crippen LogP contribution in [0, 0.1) is 0 Å². The van der Waals surface area contributed by atoms with Crippen molar-refractivity contribution in [1.82, 2.24) is 10.2 Å². The van der Waals surface area contributed by atoms with Crippen LogP contribution in [0.1, 0.15) is 65.0 Å². The molecule has 1 atom stereocenters. The average Bonchev–Trinajstić information content (AvgIpc) is 3.17. The van der Waals surface area contributed by atoms with E-state index in [9.17, 15) is 9.59 Å². The van der Waals surface area contributed by atoms with Gasteiger partial charge in [-0.05, 0) is 58.2 Å². The van der Waals surface area contributed by atoms with E-state index in [-0.39, 0.29) is 12.0 Å². The molecule has 3 rings (SSSR count). The maximum Gasteiger partial charge on any atom is 0.332 e. The van der Waals surface area contributed by atoms with Crippen LogP contribution in [0.25, 0.3) is 0 Å². The molecule has 30 heavy (non-hydrogen) atoms. The number of amides is 2. The number of anilines is 1. The van der Waals surface area contributed by atoms with Crippen LogP contribution in [0.5, 0.6) is 0 Å². The van der Waals surface area contributed by atoms with Gasteiger partial charge in [0.25, 0.3) is 0 Å². The zero-order chi connectivity index (χ0) is 21.8. The van der Waals surface area contributed by atoms with Gasteiger partial charge in [0.2, 0.25) is 0 Å². The molecule has 2 fully saturated rings. The van der Waals surface area contributed by atoms with Crippen LogP contribution in [-0.4, -0.2) is 54.3 Å². The van der Waals surface area contributed by atoms with Gasteiger partial charge >= 0.3 is 12.0 Å². The maximum atomic E-state index is 12.8. The number of nitrogens with zero attached hydrogens (tertiary/aromatic N) is 1. The fourth-order valence-corrected chi connectivity index (χ4v) is 4.13. The molecule has 0 spiro atoms. The number of hydrogen-bond donors (Lipinski definition) is 2. The molecule has 1 heterocycles. The van der Waals surface area contributed by atoms with Crippen molar-refractivity contribution in [3.05, 3.63) is 29.8 Å². The molecule has 0 bridgehead atoms. The monoisotopic (exact) mass is 417 g/mol. The van der Waals surface area contributed by atoms with Crippen LogP contribution in [0.4, 0.5) is 10.5 Å². The molecule has 1 saturated carbocycles. The normalized spacial score (nSPS) is 20.4. The number of hydrogen-bond acceptors (Lipinski definition) is 5. The highest BCUT2D eigenvalue weighted by Crippen LogP contribution is 2.32. The second kappa shape index (κ2) is 9.35. The lowest BCUT2D eigenvalue weighted by Gasteiger charge is -2.32. The fourth-order valence-electron chi connectivity index (χ4n) is 4.13. The number of carbonyl (C=O) groups is 2. The van der Waals surface area contributed by atoms with Gasteiger partial charge in [-0.3, -0.25) is 4.90 Å². The van der Waals surface area contributed by atoms with Gasteiger partial charge in [0.05, 0.1) is 13.2 Å². The third-order valence-electron chi connectivity index (χ3n) is 5.84. The first-order valence-electron chi connectivity index (χ1n) is 10.9. The smallest absolute Gasteiger partial charge is 0.332 e. The Morgan fingerprint density at radius 2 is 1.70 bits per heavy atom. The van der Waals surface area contributed by atoms with E-state index in [0.29, 0.717) is 24.6 Å². The minimum atomic E-state index is -0.942. The molecular weight excluding hydrogens is 382 g/mol. The highest BCUT2D eigenvalue weighted by Gasteiger charge is 2.45. The Labute approximate surface area is 179 Å². The summed E-state index contributed by atoms with van der Waals surface area (Å²) in [6, 6.07) is 7.80. The fraction of sp³-hybridized carbons (Fsp3) is 0.652. The van der Waals surface area contributed by atoms with E-state index in [1.165, 1.54) is 5.56 Å². The van der Waals surface area contributed by atoms with E-state index < -0.39 is 11.1 Å². The summed E-state index contributed by atoms with van der Waals surface area (Å²) in [5, 5.41) is 5.77. The van der Waals surface area contributed by atoms with Crippen molar-refractivity contribution >= 4 is 17.7 Å². The second-order valence-electron chi connectivity index (χ2n) is 9.32. The molecule has 1 aliphatic heterocycles. The molecule has 1 saturated heterocycles. The minimum absolute atomic E-state index is 0.297. The molecule has 0 aromatic heterocycles. The van der Waals surface area contributed by atoms with Crippen molar-refractivity contribution in [2.24, 2.45) is 0 Å². The summed E-state index contributed by atoms with van der Waals surface area (Å²) < 4.78 is 11.0. The molecule has 2 N–H and O–H groups in total. The first-order valence-corrected chi connectivity index (χ1v) is 10.9. The number of esters is 1. The molecular formula is C23H35N3O4. The van der Waals surface area contributed by atoms with E-state index in [1.807, 2.05) is 45.0 Å². The van der Waals surface area contributed by atoms with Crippen LogP contribution in [0.15, 0.2) is 24.3 Å². The third-order valence-corrected chi connectivity index (χ3v) is 5.84. The third kappa shape index (κ3) is 5.73. The summed E-state index contributed by atoms with van der Waals surface area (Å²) in [5.74, 6) is -0.350. The van der Waals surface area contributed by atoms with Crippen molar-refractivity contribution in [3.8, 4) is 0 Å². The first-order chi connectivity index (χ1) is 14.2. The highest BCUT2D eigenvalue weighted by atomic mass is 16.6. The number of morpholine rings is 1. The van der Waals surface area contributed by atoms with Crippen molar-refractivity contribution in [2.75, 3.05) is 31.6 Å². The quantitative estimate of drug-likeness (QED) is 0.711. The maximum absolute atomic E-state index is 12.8. The van der Waals surface area contributed by atoms with Gasteiger partial charge in [-0.15, -0.1) is 0 Å². The summed E-state index contributed by atoms with van der Waals surface area (Å²) in [7, 11) is 0. The Morgan fingerprint density at radius 3 is 2.27 bits per heavy atom. The Bertz CT molecular complexity index is 730. The topological polar surface area (TPSA) is 79.9 Å². The summed E-state index contributed by atoms with van der Waals surface area (Å²) in [4.78, 5) is 27.8. The van der Waals surface area contributed by atoms with Gasteiger partial charge < -0.3 is 20.1 Å². The predicted octanol–water partition coefficient (Wildman–Crippen LogP) is 3.86. The molecule has 1 aliphatic carbocycles. The van der Waals surface area contributed by atoms with Crippen molar-refractivity contribution in [1.29, 1.82) is 0 Å². The molecule has 2 amide bonds. The molecule has 1 aromatic carbocycles. The highest BCUT2D eigenvalue weighted by molar-refractivity contribution is 5.94. The summed E-state index contributed by atoms with van der Waals surface area (Å²) in [6.45, 7) is 11.1. The number of urea groups is 1. The molecule has 0 radical (unpaired) electrons. The average molecular weight is 418 g/mol. The Balaban J connectivity index is 1.60. The van der Waals surface area contributed by atoms with Crippen LogP contribution in [-0.2, 0) is 14.3 Å². The minimum Gasteiger partial charge on any atom is -0.458 e. The SMILES string of the molecule is C[C@H](c1ccc(NC(=O)NC2(C(=O)OC(C)(C)C)CCCC2)cc1)N1CCOCC1. The van der Waals surface area contributed by atoms with E-state index in [2.05, 4.69) is 22.5 Å². The largest absolute Gasteiger partial charge is 0.458 e. The summed E-state index contributed by atoms with van der Waals surface area (Å²) in [6.07, 6.45) is 3.00. The Kier molecular flexibility index (Phi) is 7.03. The number of ether oxygens (including phenoxy) is 2. The van der Waals surface area contributed by atoms with Crippen molar-refractivity contribution in [3.63, 3.8) is 0 Å². The van der Waals surface area contributed by atoms with Crippen LogP contribution < -0.4 is 10.6 Å². The van der Waals surface area contributed by atoms with Crippen LogP contribution >= 0.6 is 0 Å². The second-order valence-corrected chi connectivity index (χ2v) is 9.32. The molecule has 1 aromatic rings. The zero-order valence-electron chi connectivity index (χ0n) is 18.6. The van der Waals surface area contributed by atoms with Crippen molar-refractivity contribution < 1.29 is 19.1 Å². The lowest BCUT2D eigenvalue weighted by molar-refractivity contribution is -0.162. The van der Waals surface area contributed by atoms with Gasteiger partial charge in [-0.2, -0.15) is 0 Å². The molecule has 166 valence electrons. The van der Waals surface area contributed by atoms with Crippen molar-refractivity contribution in [2.45, 2.75) is 70.6 Å². The zero-order valence-corrected chi connectivity index (χ0v) is 18.6. The summed E-state index contributed by atoms with van der Waals surface area (Å²) in [5.41, 5.74) is 0.367. The van der Waals surface area contributed by atoms with Gasteiger partial charge in [0, 0.05) is 24.8 Å². The van der Waals surface area contributed by atoms with E-state index >= 15 is 0 Å². The van der Waals surface area contributed by atoms with Gasteiger partial charge in [0.15, 0.2) is 0 Å². The summed E-state index contributed by atoms with van der Waals surface area (Å²) >= 11 is 0. The van der Waals surface area contributed by atoms with Gasteiger partial charge in [0.1, 0.15) is 11.1 Å². The number of benzene rings is 1. The predicted molar refractivity (Wildman–Crippen MR) is 116 cm³/mol. The molecule has 7 nitrogen and oxygen atoms in total. The van der Waals surface area contributed by atoms with E-state index in [4.69, 9.17) is 9.47 Å². The molecule has 0 unspecified atom stereocenters. The van der Waals surface area contributed by atoms with Gasteiger partial charge in [-0.25, -0.2) is 9.59 Å². The van der Waals surface area contributed by atoms with E-state index in [1.54, 1.807) is 0 Å². The number of carbonyl (C=O) groups excluding carboxylic acids is 2. The Hall–Kier alpha value is -2.12. The van der Waals surface area contributed by atoms with E-state index in [0.717, 1.165) is 39.1 Å². The Morgan fingerprint density at radius 1 is 1.10 bits per heavy atom.